The van der Waals surface area contributed by atoms with Gasteiger partial charge in [-0.3, -0.25) is 4.79 Å². The van der Waals surface area contributed by atoms with Gasteiger partial charge in [0.05, 0.1) is 11.3 Å². The molecule has 106 valence electrons. The molecule has 0 atom stereocenters. The van der Waals surface area contributed by atoms with Crippen molar-refractivity contribution in [2.45, 2.75) is 25.7 Å². The summed E-state index contributed by atoms with van der Waals surface area (Å²) >= 11 is 3.34. The quantitative estimate of drug-likeness (QED) is 0.919. The lowest BCUT2D eigenvalue weighted by Crippen LogP contribution is -2.36. The third kappa shape index (κ3) is 3.97. The third-order valence-electron chi connectivity index (χ3n) is 3.47. The number of benzene rings is 1. The summed E-state index contributed by atoms with van der Waals surface area (Å²) in [7, 11) is 0. The number of carbonyl (C=O) groups excluding carboxylic acids is 1. The molecule has 0 saturated carbocycles. The smallest absolute Gasteiger partial charge is 0.224 e. The summed E-state index contributed by atoms with van der Waals surface area (Å²) in [5.74, 6) is 0.202. The zero-order valence-electron chi connectivity index (χ0n) is 11.4. The van der Waals surface area contributed by atoms with Crippen LogP contribution in [0.25, 0.3) is 0 Å². The Kier molecular flexibility index (Phi) is 5.42. The number of halogens is 1. The second kappa shape index (κ2) is 7.30. The predicted octanol–water partition coefficient (Wildman–Crippen LogP) is 3.14. The molecule has 2 rings (SSSR count). The van der Waals surface area contributed by atoms with Crippen LogP contribution >= 0.6 is 15.9 Å². The van der Waals surface area contributed by atoms with Crippen molar-refractivity contribution in [1.29, 1.82) is 5.26 Å². The van der Waals surface area contributed by atoms with Crippen LogP contribution in [0, 0.1) is 11.3 Å². The summed E-state index contributed by atoms with van der Waals surface area (Å²) in [4.78, 5) is 14.0. The first-order valence-corrected chi connectivity index (χ1v) is 7.71. The Balaban J connectivity index is 1.83. The summed E-state index contributed by atoms with van der Waals surface area (Å²) in [5.41, 5.74) is 1.37. The van der Waals surface area contributed by atoms with Crippen molar-refractivity contribution in [3.8, 4) is 6.07 Å². The Morgan fingerprint density at radius 3 is 2.80 bits per heavy atom. The number of piperidine rings is 1. The van der Waals surface area contributed by atoms with Gasteiger partial charge in [0.15, 0.2) is 0 Å². The minimum Gasteiger partial charge on any atom is -0.383 e. The number of carbonyl (C=O) groups is 1. The van der Waals surface area contributed by atoms with Gasteiger partial charge in [-0.05, 0) is 37.5 Å². The van der Waals surface area contributed by atoms with Crippen LogP contribution in [-0.2, 0) is 4.79 Å². The van der Waals surface area contributed by atoms with Gasteiger partial charge < -0.3 is 10.2 Å². The molecule has 5 heteroatoms. The number of likely N-dealkylation sites (tertiary alicyclic amines) is 1. The Labute approximate surface area is 127 Å². The van der Waals surface area contributed by atoms with Gasteiger partial charge in [-0.25, -0.2) is 0 Å². The molecule has 1 aromatic rings. The normalized spacial score (nSPS) is 14.7. The maximum atomic E-state index is 12.0. The number of hydrogen-bond acceptors (Lipinski definition) is 3. The van der Waals surface area contributed by atoms with E-state index in [1.54, 1.807) is 6.07 Å². The zero-order valence-corrected chi connectivity index (χ0v) is 12.9. The van der Waals surface area contributed by atoms with E-state index in [2.05, 4.69) is 27.3 Å². The fourth-order valence-electron chi connectivity index (χ4n) is 2.37. The highest BCUT2D eigenvalue weighted by Crippen LogP contribution is 2.20. The van der Waals surface area contributed by atoms with Gasteiger partial charge in [-0.15, -0.1) is 0 Å². The highest BCUT2D eigenvalue weighted by atomic mass is 79.9. The van der Waals surface area contributed by atoms with Crippen LogP contribution in [0.2, 0.25) is 0 Å². The molecule has 1 aromatic carbocycles. The number of anilines is 1. The van der Waals surface area contributed by atoms with Crippen molar-refractivity contribution in [2.24, 2.45) is 0 Å². The van der Waals surface area contributed by atoms with Gasteiger partial charge in [-0.1, -0.05) is 15.9 Å². The number of nitrogens with one attached hydrogen (secondary N) is 1. The Bertz CT molecular complexity index is 518. The molecule has 4 nitrogen and oxygen atoms in total. The maximum absolute atomic E-state index is 12.0. The van der Waals surface area contributed by atoms with Crippen LogP contribution in [0.4, 0.5) is 5.69 Å². The average molecular weight is 336 g/mol. The number of hydrogen-bond donors (Lipinski definition) is 1. The number of nitrogens with zero attached hydrogens (tertiary/aromatic N) is 2. The van der Waals surface area contributed by atoms with Crippen LogP contribution < -0.4 is 5.32 Å². The number of rotatable bonds is 4. The molecule has 0 unspecified atom stereocenters. The van der Waals surface area contributed by atoms with Gasteiger partial charge >= 0.3 is 0 Å². The molecule has 1 amide bonds. The van der Waals surface area contributed by atoms with E-state index in [9.17, 15) is 4.79 Å². The molecule has 0 aliphatic carbocycles. The molecule has 1 fully saturated rings. The molecule has 0 radical (unpaired) electrons. The van der Waals surface area contributed by atoms with Crippen LogP contribution in [0.3, 0.4) is 0 Å². The van der Waals surface area contributed by atoms with Crippen LogP contribution in [0.5, 0.6) is 0 Å². The first kappa shape index (κ1) is 14.9. The zero-order chi connectivity index (χ0) is 14.4. The van der Waals surface area contributed by atoms with E-state index in [-0.39, 0.29) is 5.91 Å². The van der Waals surface area contributed by atoms with E-state index < -0.39 is 0 Å². The Morgan fingerprint density at radius 1 is 1.35 bits per heavy atom. The molecule has 0 bridgehead atoms. The van der Waals surface area contributed by atoms with E-state index in [1.165, 1.54) is 6.42 Å². The minimum absolute atomic E-state index is 0.202. The fraction of sp³-hybridized carbons (Fsp3) is 0.467. The first-order valence-electron chi connectivity index (χ1n) is 6.92. The first-order chi connectivity index (χ1) is 9.70. The highest BCUT2D eigenvalue weighted by molar-refractivity contribution is 9.10. The summed E-state index contributed by atoms with van der Waals surface area (Å²) in [5, 5.41) is 12.2. The minimum atomic E-state index is 0.202. The average Bonchev–Trinajstić information content (AvgIpc) is 2.49. The molecule has 20 heavy (non-hydrogen) atoms. The molecule has 0 spiro atoms. The summed E-state index contributed by atoms with van der Waals surface area (Å²) in [6, 6.07) is 7.66. The molecule has 0 aromatic heterocycles. The topological polar surface area (TPSA) is 56.1 Å². The second-order valence-corrected chi connectivity index (χ2v) is 5.84. The van der Waals surface area contributed by atoms with Crippen LogP contribution in [0.1, 0.15) is 31.2 Å². The molecular formula is C15H18BrN3O. The standard InChI is InChI=1S/C15H18BrN3O/c16-13-4-5-14(12(10-13)11-17)18-7-6-15(20)19-8-2-1-3-9-19/h4-5,10,18H,1-3,6-9H2. The number of nitriles is 1. The van der Waals surface area contributed by atoms with Crippen molar-refractivity contribution in [3.05, 3.63) is 28.2 Å². The summed E-state index contributed by atoms with van der Waals surface area (Å²) < 4.78 is 0.879. The van der Waals surface area contributed by atoms with Crippen molar-refractivity contribution < 1.29 is 4.79 Å². The Morgan fingerprint density at radius 2 is 2.10 bits per heavy atom. The van der Waals surface area contributed by atoms with Gasteiger partial charge in [-0.2, -0.15) is 5.26 Å². The lowest BCUT2D eigenvalue weighted by atomic mass is 10.1. The Hall–Kier alpha value is -1.54. The summed E-state index contributed by atoms with van der Waals surface area (Å²) in [6.45, 7) is 2.34. The van der Waals surface area contributed by atoms with Gasteiger partial charge in [0.2, 0.25) is 5.91 Å². The summed E-state index contributed by atoms with van der Waals surface area (Å²) in [6.07, 6.45) is 3.93. The molecule has 1 N–H and O–H groups in total. The lowest BCUT2D eigenvalue weighted by Gasteiger charge is -2.26. The van der Waals surface area contributed by atoms with E-state index in [4.69, 9.17) is 5.26 Å². The van der Waals surface area contributed by atoms with E-state index in [0.29, 0.717) is 18.5 Å². The SMILES string of the molecule is N#Cc1cc(Br)ccc1NCCC(=O)N1CCCCC1. The molecule has 1 heterocycles. The van der Waals surface area contributed by atoms with Crippen LogP contribution in [0.15, 0.2) is 22.7 Å². The second-order valence-electron chi connectivity index (χ2n) is 4.92. The number of amides is 1. The van der Waals surface area contributed by atoms with Gasteiger partial charge in [0, 0.05) is 30.5 Å². The van der Waals surface area contributed by atoms with Crippen LogP contribution in [-0.4, -0.2) is 30.4 Å². The fourth-order valence-corrected chi connectivity index (χ4v) is 2.73. The predicted molar refractivity (Wildman–Crippen MR) is 82.4 cm³/mol. The van der Waals surface area contributed by atoms with E-state index in [0.717, 1.165) is 36.1 Å². The molecule has 1 saturated heterocycles. The maximum Gasteiger partial charge on any atom is 0.224 e. The van der Waals surface area contributed by atoms with Gasteiger partial charge in [0.25, 0.3) is 0 Å². The van der Waals surface area contributed by atoms with Crippen molar-refractivity contribution in [3.63, 3.8) is 0 Å². The van der Waals surface area contributed by atoms with Crippen molar-refractivity contribution in [1.82, 2.24) is 4.90 Å². The molecular weight excluding hydrogens is 318 g/mol. The van der Waals surface area contributed by atoms with Crippen molar-refractivity contribution in [2.75, 3.05) is 25.0 Å². The van der Waals surface area contributed by atoms with E-state index in [1.807, 2.05) is 17.0 Å². The van der Waals surface area contributed by atoms with Crippen molar-refractivity contribution >= 4 is 27.5 Å². The largest absolute Gasteiger partial charge is 0.383 e. The monoisotopic (exact) mass is 335 g/mol. The van der Waals surface area contributed by atoms with Gasteiger partial charge in [0.1, 0.15) is 6.07 Å². The molecule has 1 aliphatic heterocycles. The van der Waals surface area contributed by atoms with E-state index >= 15 is 0 Å². The lowest BCUT2D eigenvalue weighted by molar-refractivity contribution is -0.131. The third-order valence-corrected chi connectivity index (χ3v) is 3.96. The molecule has 1 aliphatic rings. The highest BCUT2D eigenvalue weighted by Gasteiger charge is 2.15.